The molecule has 0 spiro atoms. The molecule has 3 heterocycles. The van der Waals surface area contributed by atoms with E-state index in [9.17, 15) is 10.1 Å². The van der Waals surface area contributed by atoms with Crippen LogP contribution in [0, 0.1) is 17.9 Å². The third kappa shape index (κ3) is 4.94. The Bertz CT molecular complexity index is 1390. The molecule has 1 amide bonds. The first kappa shape index (κ1) is 23.6. The van der Waals surface area contributed by atoms with Crippen LogP contribution in [-0.4, -0.2) is 69.3 Å². The number of nitriles is 1. The summed E-state index contributed by atoms with van der Waals surface area (Å²) in [5.74, 6) is 0.580. The second-order valence-electron chi connectivity index (χ2n) is 8.54. The van der Waals surface area contributed by atoms with Crippen LogP contribution in [0.2, 0.25) is 5.02 Å². The fourth-order valence-corrected chi connectivity index (χ4v) is 4.20. The van der Waals surface area contributed by atoms with Gasteiger partial charge in [-0.2, -0.15) is 10.2 Å². The third-order valence-electron chi connectivity index (χ3n) is 5.90. The second-order valence-corrected chi connectivity index (χ2v) is 8.91. The Kier molecular flexibility index (Phi) is 6.43. The van der Waals surface area contributed by atoms with Gasteiger partial charge in [0.05, 0.1) is 40.8 Å². The maximum Gasteiger partial charge on any atom is 0.275 e. The van der Waals surface area contributed by atoms with Gasteiger partial charge in [0, 0.05) is 32.2 Å². The molecule has 1 aliphatic carbocycles. The predicted octanol–water partition coefficient (Wildman–Crippen LogP) is 1.63. The maximum atomic E-state index is 11.0. The smallest absolute Gasteiger partial charge is 0.275 e. The second kappa shape index (κ2) is 9.83. The molecule has 1 saturated carbocycles. The molecule has 0 unspecified atom stereocenters. The van der Waals surface area contributed by atoms with Crippen molar-refractivity contribution in [3.8, 4) is 6.07 Å². The minimum atomic E-state index is -0.423. The Morgan fingerprint density at radius 1 is 1.31 bits per heavy atom. The number of amides is 1. The average molecular weight is 507 g/mol. The number of nitrogens with zero attached hydrogens (tertiary/aromatic N) is 8. The quantitative estimate of drug-likeness (QED) is 0.331. The van der Waals surface area contributed by atoms with E-state index >= 15 is 0 Å². The van der Waals surface area contributed by atoms with Crippen molar-refractivity contribution >= 4 is 52.1 Å². The molecule has 3 aromatic rings. The predicted molar refractivity (Wildman–Crippen MR) is 134 cm³/mol. The summed E-state index contributed by atoms with van der Waals surface area (Å²) in [5, 5.41) is 22.9. The summed E-state index contributed by atoms with van der Waals surface area (Å²) in [7, 11) is 0. The number of halogens is 1. The van der Waals surface area contributed by atoms with Crippen LogP contribution in [0.5, 0.6) is 0 Å². The number of rotatable bonds is 8. The van der Waals surface area contributed by atoms with Gasteiger partial charge >= 0.3 is 0 Å². The van der Waals surface area contributed by atoms with Gasteiger partial charge in [0.1, 0.15) is 0 Å². The summed E-state index contributed by atoms with van der Waals surface area (Å²) in [4.78, 5) is 25.5. The Hall–Kier alpha value is -4.17. The summed E-state index contributed by atoms with van der Waals surface area (Å²) in [6.45, 7) is 10.0. The Morgan fingerprint density at radius 2 is 2.08 bits per heavy atom. The highest BCUT2D eigenvalue weighted by Gasteiger charge is 2.26. The molecule has 5 rings (SSSR count). The number of hydrogen-bond acceptors (Lipinski definition) is 10. The fourth-order valence-electron chi connectivity index (χ4n) is 3.93. The number of nitrogens with two attached hydrogens (primary N) is 1. The SMILES string of the molecule is [C-]#[N+]c1cnc2c(NC3CC3)nc(Nc3cc(C#N)cc(N4CCN(NCC(N)=O)CC4)c3Cl)nn12. The first-order chi connectivity index (χ1) is 17.4. The number of fused-ring (bicyclic) bond motifs is 1. The van der Waals surface area contributed by atoms with Gasteiger partial charge in [0.25, 0.3) is 17.4 Å². The summed E-state index contributed by atoms with van der Waals surface area (Å²) >= 11 is 6.81. The molecule has 2 aliphatic rings. The number of piperazine rings is 1. The van der Waals surface area contributed by atoms with E-state index in [0.29, 0.717) is 65.6 Å². The monoisotopic (exact) mass is 506 g/mol. The van der Waals surface area contributed by atoms with E-state index in [0.717, 1.165) is 12.8 Å². The van der Waals surface area contributed by atoms with Gasteiger partial charge in [0.15, 0.2) is 5.82 Å². The number of primary amides is 1. The molecule has 14 heteroatoms. The van der Waals surface area contributed by atoms with Gasteiger partial charge in [-0.1, -0.05) is 23.3 Å². The standard InChI is InChI=1S/C22H23ClN12O/c1-26-18-12-27-21-20(29-14-2-3-14)31-22(32-35(18)21)30-15-8-13(10-24)9-16(19(15)23)33-4-6-34(7-5-33)28-11-17(25)36/h8-9,12,14,28H,2-7,11H2,(H2,25,36)(H2,29,30,31,32). The molecule has 5 N–H and O–H groups in total. The molecule has 0 atom stereocenters. The van der Waals surface area contributed by atoms with Crippen molar-refractivity contribution in [2.75, 3.05) is 48.3 Å². The van der Waals surface area contributed by atoms with Crippen molar-refractivity contribution in [1.29, 1.82) is 5.26 Å². The topological polar surface area (TPSA) is 157 Å². The van der Waals surface area contributed by atoms with Gasteiger partial charge in [-0.3, -0.25) is 4.79 Å². The lowest BCUT2D eigenvalue weighted by molar-refractivity contribution is -0.118. The van der Waals surface area contributed by atoms with Gasteiger partial charge < -0.3 is 26.1 Å². The normalized spacial score (nSPS) is 15.9. The maximum absolute atomic E-state index is 11.0. The van der Waals surface area contributed by atoms with Gasteiger partial charge in [-0.05, 0) is 25.0 Å². The highest BCUT2D eigenvalue weighted by atomic mass is 35.5. The van der Waals surface area contributed by atoms with Crippen LogP contribution in [0.4, 0.5) is 29.0 Å². The van der Waals surface area contributed by atoms with Crippen molar-refractivity contribution in [3.63, 3.8) is 0 Å². The van der Waals surface area contributed by atoms with Crippen LogP contribution < -0.4 is 26.7 Å². The van der Waals surface area contributed by atoms with Gasteiger partial charge in [0.2, 0.25) is 5.91 Å². The lowest BCUT2D eigenvalue weighted by Gasteiger charge is -2.36. The van der Waals surface area contributed by atoms with Crippen molar-refractivity contribution in [3.05, 3.63) is 40.3 Å². The molecule has 0 bridgehead atoms. The van der Waals surface area contributed by atoms with E-state index in [2.05, 4.69) is 46.9 Å². The van der Waals surface area contributed by atoms with Gasteiger partial charge in [-0.15, -0.1) is 4.52 Å². The van der Waals surface area contributed by atoms with Crippen LogP contribution in [0.15, 0.2) is 18.3 Å². The van der Waals surface area contributed by atoms with E-state index in [1.165, 1.54) is 10.7 Å². The molecular formula is C22H23ClN12O. The molecule has 1 saturated heterocycles. The Morgan fingerprint density at radius 3 is 2.75 bits per heavy atom. The van der Waals surface area contributed by atoms with Crippen molar-refractivity contribution < 1.29 is 4.79 Å². The van der Waals surface area contributed by atoms with Crippen molar-refractivity contribution in [2.24, 2.45) is 5.73 Å². The number of carbonyl (C=O) groups excluding carboxylic acids is 1. The summed E-state index contributed by atoms with van der Waals surface area (Å²) in [6, 6.07) is 5.89. The number of anilines is 4. The van der Waals surface area contributed by atoms with E-state index in [-0.39, 0.29) is 18.3 Å². The zero-order valence-corrected chi connectivity index (χ0v) is 20.0. The van der Waals surface area contributed by atoms with Crippen LogP contribution in [0.25, 0.3) is 10.5 Å². The van der Waals surface area contributed by atoms with Crippen molar-refractivity contribution in [1.82, 2.24) is 30.0 Å². The van der Waals surface area contributed by atoms with E-state index in [1.54, 1.807) is 12.1 Å². The lowest BCUT2D eigenvalue weighted by Crippen LogP contribution is -2.53. The minimum absolute atomic E-state index is 0.0762. The zero-order valence-electron chi connectivity index (χ0n) is 19.2. The molecular weight excluding hydrogens is 484 g/mol. The number of benzene rings is 1. The largest absolute Gasteiger partial charge is 0.369 e. The molecule has 2 fully saturated rings. The first-order valence-corrected chi connectivity index (χ1v) is 11.7. The van der Waals surface area contributed by atoms with Crippen LogP contribution in [0.3, 0.4) is 0 Å². The lowest BCUT2D eigenvalue weighted by atomic mass is 10.1. The number of carbonyl (C=O) groups is 1. The molecule has 184 valence electrons. The highest BCUT2D eigenvalue weighted by molar-refractivity contribution is 6.36. The first-order valence-electron chi connectivity index (χ1n) is 11.4. The van der Waals surface area contributed by atoms with E-state index in [1.807, 2.05) is 5.01 Å². The fraction of sp³-hybridized carbons (Fsp3) is 0.364. The number of hydrogen-bond donors (Lipinski definition) is 4. The van der Waals surface area contributed by atoms with Crippen molar-refractivity contribution in [2.45, 2.75) is 18.9 Å². The van der Waals surface area contributed by atoms with Crippen LogP contribution >= 0.6 is 11.6 Å². The average Bonchev–Trinajstić information content (AvgIpc) is 3.60. The number of imidazole rings is 1. The number of nitrogens with one attached hydrogen (secondary N) is 3. The van der Waals surface area contributed by atoms with Crippen LogP contribution in [-0.2, 0) is 4.79 Å². The molecule has 13 nitrogen and oxygen atoms in total. The molecule has 2 aromatic heterocycles. The Balaban J connectivity index is 1.42. The summed E-state index contributed by atoms with van der Waals surface area (Å²) < 4.78 is 1.44. The molecule has 36 heavy (non-hydrogen) atoms. The zero-order chi connectivity index (χ0) is 25.2. The summed E-state index contributed by atoms with van der Waals surface area (Å²) in [6.07, 6.45) is 3.54. The number of aromatic nitrogens is 4. The minimum Gasteiger partial charge on any atom is -0.369 e. The molecule has 0 radical (unpaired) electrons. The van der Waals surface area contributed by atoms with E-state index in [4.69, 9.17) is 23.9 Å². The van der Waals surface area contributed by atoms with Crippen LogP contribution in [0.1, 0.15) is 18.4 Å². The third-order valence-corrected chi connectivity index (χ3v) is 6.30. The van der Waals surface area contributed by atoms with E-state index < -0.39 is 5.91 Å². The highest BCUT2D eigenvalue weighted by Crippen LogP contribution is 2.37. The molecule has 1 aromatic carbocycles. The number of hydrazine groups is 1. The van der Waals surface area contributed by atoms with Gasteiger partial charge in [-0.25, -0.2) is 15.4 Å². The molecule has 1 aliphatic heterocycles. The Labute approximate surface area is 211 Å². The summed E-state index contributed by atoms with van der Waals surface area (Å²) in [5.41, 5.74) is 10.3.